The Morgan fingerprint density at radius 1 is 0.839 bits per heavy atom. The molecule has 0 amide bonds. The van der Waals surface area contributed by atoms with Crippen molar-refractivity contribution in [1.29, 1.82) is 0 Å². The highest BCUT2D eigenvalue weighted by Gasteiger charge is 2.22. The van der Waals surface area contributed by atoms with Gasteiger partial charge in [-0.05, 0) is 33.9 Å². The molecule has 5 aromatic rings. The highest BCUT2D eigenvalue weighted by atomic mass is 32.1. The van der Waals surface area contributed by atoms with Crippen molar-refractivity contribution in [1.82, 2.24) is 9.97 Å². The SMILES string of the molecule is CC(C)(C)c1ccc2c(c1)sc1c(-c3cc([Si](C)(C)C)c4ccccc4c3)ncnc12. The average molecular weight is 441 g/mol. The van der Waals surface area contributed by atoms with E-state index in [0.717, 1.165) is 11.2 Å². The molecule has 2 heterocycles. The molecule has 2 nitrogen and oxygen atoms in total. The van der Waals surface area contributed by atoms with E-state index in [1.54, 1.807) is 6.33 Å². The Kier molecular flexibility index (Phi) is 4.58. The second-order valence-electron chi connectivity index (χ2n) is 10.5. The number of fused-ring (bicyclic) bond motifs is 4. The summed E-state index contributed by atoms with van der Waals surface area (Å²) in [6, 6.07) is 20.3. The summed E-state index contributed by atoms with van der Waals surface area (Å²) in [5.74, 6) is 0. The van der Waals surface area contributed by atoms with E-state index >= 15 is 0 Å². The van der Waals surface area contributed by atoms with E-state index in [-0.39, 0.29) is 5.41 Å². The lowest BCUT2D eigenvalue weighted by Crippen LogP contribution is -2.38. The number of aromatic nitrogens is 2. The van der Waals surface area contributed by atoms with Gasteiger partial charge in [-0.25, -0.2) is 9.97 Å². The van der Waals surface area contributed by atoms with Crippen LogP contribution in [0.4, 0.5) is 0 Å². The zero-order valence-electron chi connectivity index (χ0n) is 19.1. The summed E-state index contributed by atoms with van der Waals surface area (Å²) >= 11 is 1.82. The van der Waals surface area contributed by atoms with Gasteiger partial charge in [0, 0.05) is 15.6 Å². The summed E-state index contributed by atoms with van der Waals surface area (Å²) in [6.45, 7) is 14.0. The first-order chi connectivity index (χ1) is 14.6. The van der Waals surface area contributed by atoms with Gasteiger partial charge in [-0.2, -0.15) is 0 Å². The molecule has 31 heavy (non-hydrogen) atoms. The fraction of sp³-hybridized carbons (Fsp3) is 0.259. The minimum Gasteiger partial charge on any atom is -0.235 e. The molecule has 2 aromatic heterocycles. The molecule has 0 spiro atoms. The Hall–Kier alpha value is -2.56. The number of hydrogen-bond acceptors (Lipinski definition) is 3. The van der Waals surface area contributed by atoms with Crippen molar-refractivity contribution >= 4 is 55.7 Å². The van der Waals surface area contributed by atoms with Crippen LogP contribution < -0.4 is 5.19 Å². The van der Waals surface area contributed by atoms with Gasteiger partial charge in [0.05, 0.1) is 24.0 Å². The molecule has 0 bridgehead atoms. The quantitative estimate of drug-likeness (QED) is 0.265. The van der Waals surface area contributed by atoms with E-state index in [9.17, 15) is 0 Å². The Morgan fingerprint density at radius 3 is 2.35 bits per heavy atom. The molecule has 0 aliphatic heterocycles. The van der Waals surface area contributed by atoms with Crippen molar-refractivity contribution in [3.63, 3.8) is 0 Å². The van der Waals surface area contributed by atoms with Crippen LogP contribution in [0.1, 0.15) is 26.3 Å². The van der Waals surface area contributed by atoms with Crippen LogP contribution in [0.2, 0.25) is 19.6 Å². The number of rotatable bonds is 2. The molecule has 0 unspecified atom stereocenters. The third-order valence-electron chi connectivity index (χ3n) is 6.06. The Balaban J connectivity index is 1.80. The van der Waals surface area contributed by atoms with Crippen LogP contribution in [0.5, 0.6) is 0 Å². The topological polar surface area (TPSA) is 25.8 Å². The van der Waals surface area contributed by atoms with Crippen molar-refractivity contribution in [3.05, 3.63) is 66.5 Å². The molecule has 0 aliphatic carbocycles. The van der Waals surface area contributed by atoms with Crippen molar-refractivity contribution in [2.24, 2.45) is 0 Å². The van der Waals surface area contributed by atoms with Crippen LogP contribution in [-0.4, -0.2) is 18.0 Å². The lowest BCUT2D eigenvalue weighted by Gasteiger charge is -2.21. The van der Waals surface area contributed by atoms with Crippen LogP contribution in [0, 0.1) is 0 Å². The van der Waals surface area contributed by atoms with E-state index in [1.807, 2.05) is 11.3 Å². The maximum Gasteiger partial charge on any atom is 0.116 e. The highest BCUT2D eigenvalue weighted by molar-refractivity contribution is 7.26. The summed E-state index contributed by atoms with van der Waals surface area (Å²) in [6.07, 6.45) is 1.73. The normalized spacial score (nSPS) is 12.8. The van der Waals surface area contributed by atoms with Crippen LogP contribution in [0.15, 0.2) is 60.9 Å². The first-order valence-electron chi connectivity index (χ1n) is 10.8. The molecule has 0 saturated heterocycles. The van der Waals surface area contributed by atoms with Crippen molar-refractivity contribution in [2.45, 2.75) is 45.8 Å². The van der Waals surface area contributed by atoms with Crippen LogP contribution in [0.3, 0.4) is 0 Å². The number of thiophene rings is 1. The summed E-state index contributed by atoms with van der Waals surface area (Å²) in [5.41, 5.74) is 4.80. The maximum atomic E-state index is 4.79. The fourth-order valence-corrected chi connectivity index (χ4v) is 7.15. The van der Waals surface area contributed by atoms with Crippen molar-refractivity contribution in [3.8, 4) is 11.3 Å². The summed E-state index contributed by atoms with van der Waals surface area (Å²) in [4.78, 5) is 9.48. The van der Waals surface area contributed by atoms with E-state index < -0.39 is 8.07 Å². The van der Waals surface area contributed by atoms with Gasteiger partial charge in [-0.1, -0.05) is 88.1 Å². The summed E-state index contributed by atoms with van der Waals surface area (Å²) in [7, 11) is -1.53. The second kappa shape index (κ2) is 6.97. The number of nitrogens with zero attached hydrogens (tertiary/aromatic N) is 2. The second-order valence-corrected chi connectivity index (χ2v) is 16.5. The first-order valence-corrected chi connectivity index (χ1v) is 15.2. The predicted molar refractivity (Wildman–Crippen MR) is 140 cm³/mol. The van der Waals surface area contributed by atoms with Gasteiger partial charge in [-0.3, -0.25) is 0 Å². The summed E-state index contributed by atoms with van der Waals surface area (Å²) < 4.78 is 2.47. The molecular weight excluding hydrogens is 412 g/mol. The monoisotopic (exact) mass is 440 g/mol. The molecule has 4 heteroatoms. The molecule has 5 rings (SSSR count). The zero-order chi connectivity index (χ0) is 22.0. The maximum absolute atomic E-state index is 4.79. The van der Waals surface area contributed by atoms with Gasteiger partial charge in [0.2, 0.25) is 0 Å². The van der Waals surface area contributed by atoms with Gasteiger partial charge >= 0.3 is 0 Å². The van der Waals surface area contributed by atoms with E-state index in [0.29, 0.717) is 0 Å². The fourth-order valence-electron chi connectivity index (χ4n) is 4.31. The first kappa shape index (κ1) is 20.3. The molecule has 0 aliphatic rings. The Labute approximate surface area is 189 Å². The minimum atomic E-state index is -1.53. The zero-order valence-corrected chi connectivity index (χ0v) is 20.9. The Bertz CT molecular complexity index is 1450. The molecule has 0 N–H and O–H groups in total. The summed E-state index contributed by atoms with van der Waals surface area (Å²) in [5, 5.41) is 5.38. The molecule has 0 radical (unpaired) electrons. The van der Waals surface area contributed by atoms with Gasteiger partial charge in [0.1, 0.15) is 6.33 Å². The smallest absolute Gasteiger partial charge is 0.116 e. The van der Waals surface area contributed by atoms with Crippen LogP contribution >= 0.6 is 11.3 Å². The van der Waals surface area contributed by atoms with Crippen molar-refractivity contribution < 1.29 is 0 Å². The Morgan fingerprint density at radius 2 is 1.61 bits per heavy atom. The number of hydrogen-bond donors (Lipinski definition) is 0. The standard InChI is InChI=1S/C27H28N2SSi/c1-27(2,3)19-11-12-21-22(15-19)30-26-24(28-16-29-25(21)26)18-13-17-9-7-8-10-20(17)23(14-18)31(4,5)6/h7-16H,1-6H3. The van der Waals surface area contributed by atoms with Gasteiger partial charge in [0.25, 0.3) is 0 Å². The minimum absolute atomic E-state index is 0.128. The number of benzene rings is 3. The van der Waals surface area contributed by atoms with E-state index in [4.69, 9.17) is 4.98 Å². The molecule has 0 fully saturated rings. The molecule has 0 saturated carbocycles. The third-order valence-corrected chi connectivity index (χ3v) is 9.24. The van der Waals surface area contributed by atoms with Crippen LogP contribution in [-0.2, 0) is 5.41 Å². The van der Waals surface area contributed by atoms with Gasteiger partial charge in [0.15, 0.2) is 0 Å². The largest absolute Gasteiger partial charge is 0.235 e. The van der Waals surface area contributed by atoms with Gasteiger partial charge in [-0.15, -0.1) is 11.3 Å². The van der Waals surface area contributed by atoms with E-state index in [1.165, 1.54) is 41.9 Å². The lowest BCUT2D eigenvalue weighted by molar-refractivity contribution is 0.591. The van der Waals surface area contributed by atoms with Crippen molar-refractivity contribution in [2.75, 3.05) is 0 Å². The third kappa shape index (κ3) is 3.48. The average Bonchev–Trinajstić information content (AvgIpc) is 3.09. The molecule has 156 valence electrons. The predicted octanol–water partition coefficient (Wildman–Crippen LogP) is 7.51. The molecule has 0 atom stereocenters. The molecular formula is C27H28N2SSi. The lowest BCUT2D eigenvalue weighted by atomic mass is 9.87. The molecule has 3 aromatic carbocycles. The van der Waals surface area contributed by atoms with Gasteiger partial charge < -0.3 is 0 Å². The van der Waals surface area contributed by atoms with Crippen LogP contribution in [0.25, 0.3) is 42.3 Å². The highest BCUT2D eigenvalue weighted by Crippen LogP contribution is 2.39. The van der Waals surface area contributed by atoms with E-state index in [2.05, 4.69) is 100.0 Å².